The second-order valence-corrected chi connectivity index (χ2v) is 11.9. The summed E-state index contributed by atoms with van der Waals surface area (Å²) in [6, 6.07) is -3.16. The standard InChI is InChI=1S/C34H63NO6/c1-5-9-10-11-12-13-14-15-16-17-18-19-20-21-22-23-24-28-35(29(25-6-2)32(36)37,30(26-7-3)33(38)39)31(27-8-4)34(40)41/h19-20,29-31H,5-18,21-28H2,1-4H3,(H2-,36,37,38,39,40,41)/p+1/b20-19+. The van der Waals surface area contributed by atoms with Gasteiger partial charge in [-0.3, -0.25) is 4.48 Å². The summed E-state index contributed by atoms with van der Waals surface area (Å²) in [5.41, 5.74) is 0. The minimum absolute atomic E-state index is 0.257. The molecule has 7 heteroatoms. The van der Waals surface area contributed by atoms with Gasteiger partial charge in [-0.1, -0.05) is 97.6 Å². The van der Waals surface area contributed by atoms with Gasteiger partial charge in [-0.15, -0.1) is 0 Å². The van der Waals surface area contributed by atoms with E-state index in [1.54, 1.807) is 0 Å². The van der Waals surface area contributed by atoms with Gasteiger partial charge < -0.3 is 15.3 Å². The Bertz CT molecular complexity index is 662. The van der Waals surface area contributed by atoms with Crippen LogP contribution in [0.4, 0.5) is 0 Å². The zero-order valence-electron chi connectivity index (χ0n) is 27.0. The fraction of sp³-hybridized carbons (Fsp3) is 0.853. The van der Waals surface area contributed by atoms with Crippen molar-refractivity contribution < 1.29 is 34.2 Å². The first-order chi connectivity index (χ1) is 19.7. The lowest BCUT2D eigenvalue weighted by molar-refractivity contribution is -0.973. The maximum Gasteiger partial charge on any atom is 0.362 e. The number of rotatable bonds is 29. The summed E-state index contributed by atoms with van der Waals surface area (Å²) in [7, 11) is 0. The van der Waals surface area contributed by atoms with Crippen molar-refractivity contribution in [1.82, 2.24) is 0 Å². The predicted molar refractivity (Wildman–Crippen MR) is 168 cm³/mol. The number of carboxylic acid groups (broad SMARTS) is 3. The Morgan fingerprint density at radius 2 is 0.805 bits per heavy atom. The number of aliphatic carboxylic acids is 3. The van der Waals surface area contributed by atoms with E-state index in [1.807, 2.05) is 20.8 Å². The van der Waals surface area contributed by atoms with Crippen molar-refractivity contribution in [2.75, 3.05) is 6.54 Å². The molecule has 41 heavy (non-hydrogen) atoms. The highest BCUT2D eigenvalue weighted by Gasteiger charge is 2.56. The van der Waals surface area contributed by atoms with Crippen molar-refractivity contribution in [3.63, 3.8) is 0 Å². The van der Waals surface area contributed by atoms with Crippen LogP contribution in [-0.2, 0) is 14.4 Å². The van der Waals surface area contributed by atoms with E-state index < -0.39 is 36.0 Å². The average molecular weight is 583 g/mol. The maximum atomic E-state index is 12.6. The molecular formula is C34H64NO6+. The van der Waals surface area contributed by atoms with Crippen LogP contribution in [0.5, 0.6) is 0 Å². The molecule has 0 rings (SSSR count). The van der Waals surface area contributed by atoms with Crippen LogP contribution in [0.2, 0.25) is 0 Å². The third-order valence-electron chi connectivity index (χ3n) is 8.59. The third-order valence-corrected chi connectivity index (χ3v) is 8.59. The van der Waals surface area contributed by atoms with Crippen LogP contribution in [0.1, 0.15) is 163 Å². The summed E-state index contributed by atoms with van der Waals surface area (Å²) in [5.74, 6) is -3.27. The Labute approximate surface area is 251 Å². The van der Waals surface area contributed by atoms with E-state index in [1.165, 1.54) is 64.2 Å². The van der Waals surface area contributed by atoms with Crippen molar-refractivity contribution in [3.05, 3.63) is 12.2 Å². The lowest BCUT2D eigenvalue weighted by Gasteiger charge is -2.50. The zero-order valence-corrected chi connectivity index (χ0v) is 27.0. The first kappa shape index (κ1) is 39.1. The molecule has 0 aliphatic heterocycles. The van der Waals surface area contributed by atoms with E-state index in [4.69, 9.17) is 0 Å². The van der Waals surface area contributed by atoms with Crippen LogP contribution in [0.15, 0.2) is 12.2 Å². The van der Waals surface area contributed by atoms with Gasteiger partial charge in [-0.25, -0.2) is 14.4 Å². The number of hydrogen-bond acceptors (Lipinski definition) is 3. The van der Waals surface area contributed by atoms with E-state index in [2.05, 4.69) is 19.1 Å². The summed E-state index contributed by atoms with van der Waals surface area (Å²) < 4.78 is -0.385. The Morgan fingerprint density at radius 3 is 1.12 bits per heavy atom. The van der Waals surface area contributed by atoms with Crippen LogP contribution < -0.4 is 0 Å². The molecule has 0 aliphatic rings. The van der Waals surface area contributed by atoms with E-state index in [9.17, 15) is 29.7 Å². The second kappa shape index (κ2) is 24.7. The van der Waals surface area contributed by atoms with E-state index in [0.29, 0.717) is 25.7 Å². The Hall–Kier alpha value is -1.89. The van der Waals surface area contributed by atoms with E-state index in [-0.39, 0.29) is 30.3 Å². The van der Waals surface area contributed by atoms with Crippen molar-refractivity contribution in [2.24, 2.45) is 0 Å². The molecule has 240 valence electrons. The van der Waals surface area contributed by atoms with Gasteiger partial charge in [0.1, 0.15) is 0 Å². The van der Waals surface area contributed by atoms with Gasteiger partial charge in [0.2, 0.25) is 0 Å². The molecular weight excluding hydrogens is 518 g/mol. The highest BCUT2D eigenvalue weighted by Crippen LogP contribution is 2.34. The molecule has 0 radical (unpaired) electrons. The molecule has 0 amide bonds. The minimum atomic E-state index is -1.09. The first-order valence-electron chi connectivity index (χ1n) is 16.9. The monoisotopic (exact) mass is 582 g/mol. The fourth-order valence-electron chi connectivity index (χ4n) is 6.46. The molecule has 0 aromatic rings. The molecule has 0 aromatic carbocycles. The highest BCUT2D eigenvalue weighted by molar-refractivity contribution is 5.78. The van der Waals surface area contributed by atoms with Crippen LogP contribution in [-0.4, -0.2) is 62.4 Å². The summed E-state index contributed by atoms with van der Waals surface area (Å²) in [4.78, 5) is 37.7. The van der Waals surface area contributed by atoms with Crippen molar-refractivity contribution >= 4 is 17.9 Å². The number of hydrogen-bond donors (Lipinski definition) is 3. The Balaban J connectivity index is 5.07. The van der Waals surface area contributed by atoms with Crippen molar-refractivity contribution in [2.45, 2.75) is 181 Å². The molecule has 0 heterocycles. The summed E-state index contributed by atoms with van der Waals surface area (Å²) in [6.45, 7) is 8.13. The number of quaternary nitrogens is 1. The third kappa shape index (κ3) is 15.2. The summed E-state index contributed by atoms with van der Waals surface area (Å²) >= 11 is 0. The number of unbranched alkanes of at least 4 members (excludes halogenated alkanes) is 13. The molecule has 0 aromatic heterocycles. The highest BCUT2D eigenvalue weighted by atomic mass is 16.4. The molecule has 0 spiro atoms. The smallest absolute Gasteiger partial charge is 0.362 e. The average Bonchev–Trinajstić information content (AvgIpc) is 2.93. The van der Waals surface area contributed by atoms with E-state index >= 15 is 0 Å². The molecule has 0 saturated heterocycles. The zero-order chi connectivity index (χ0) is 30.9. The fourth-order valence-corrected chi connectivity index (χ4v) is 6.46. The van der Waals surface area contributed by atoms with Gasteiger partial charge in [0.25, 0.3) is 0 Å². The Morgan fingerprint density at radius 1 is 0.488 bits per heavy atom. The van der Waals surface area contributed by atoms with Gasteiger partial charge in [0.15, 0.2) is 18.1 Å². The maximum absolute atomic E-state index is 12.6. The minimum Gasteiger partial charge on any atom is -0.477 e. The summed E-state index contributed by atoms with van der Waals surface area (Å²) in [6.07, 6.45) is 24.7. The molecule has 0 aliphatic carbocycles. The van der Waals surface area contributed by atoms with Crippen LogP contribution >= 0.6 is 0 Å². The topological polar surface area (TPSA) is 112 Å². The molecule has 7 nitrogen and oxygen atoms in total. The van der Waals surface area contributed by atoms with Crippen LogP contribution in [0.3, 0.4) is 0 Å². The molecule has 3 unspecified atom stereocenters. The molecule has 0 saturated carbocycles. The van der Waals surface area contributed by atoms with Gasteiger partial charge in [-0.2, -0.15) is 0 Å². The van der Waals surface area contributed by atoms with Crippen molar-refractivity contribution in [1.29, 1.82) is 0 Å². The normalized spacial score (nSPS) is 15.4. The van der Waals surface area contributed by atoms with Crippen molar-refractivity contribution in [3.8, 4) is 0 Å². The molecule has 0 fully saturated rings. The predicted octanol–water partition coefficient (Wildman–Crippen LogP) is 8.99. The quantitative estimate of drug-likeness (QED) is 0.0461. The number of allylic oxidation sites excluding steroid dienone is 2. The van der Waals surface area contributed by atoms with Gasteiger partial charge >= 0.3 is 17.9 Å². The van der Waals surface area contributed by atoms with Gasteiger partial charge in [0, 0.05) is 19.3 Å². The van der Waals surface area contributed by atoms with E-state index in [0.717, 1.165) is 25.7 Å². The number of carbonyl (C=O) groups is 3. The van der Waals surface area contributed by atoms with Gasteiger partial charge in [-0.05, 0) is 57.8 Å². The first-order valence-corrected chi connectivity index (χ1v) is 16.9. The second-order valence-electron chi connectivity index (χ2n) is 11.9. The lowest BCUT2D eigenvalue weighted by atomic mass is 9.91. The largest absolute Gasteiger partial charge is 0.477 e. The van der Waals surface area contributed by atoms with Crippen LogP contribution in [0.25, 0.3) is 0 Å². The molecule has 0 bridgehead atoms. The number of nitrogens with zero attached hydrogens (tertiary/aromatic N) is 1. The lowest BCUT2D eigenvalue weighted by Crippen LogP contribution is -2.72. The summed E-state index contributed by atoms with van der Waals surface area (Å²) in [5, 5.41) is 30.8. The SMILES string of the molecule is CCCCCCCCCCCC/C=C/CCCCC[N+](C(CCC)C(=O)O)(C(CCC)C(=O)O)C(CCC)C(=O)O. The molecule has 3 atom stereocenters. The van der Waals surface area contributed by atoms with Gasteiger partial charge in [0.05, 0.1) is 6.54 Å². The van der Waals surface area contributed by atoms with Crippen LogP contribution in [0, 0.1) is 0 Å². The molecule has 3 N–H and O–H groups in total. The number of carboxylic acids is 3. The Kier molecular flexibility index (Phi) is 23.5.